The minimum absolute atomic E-state index is 0. The fraction of sp³-hybridized carbons (Fsp3) is 0.889. The second-order valence-electron chi connectivity index (χ2n) is 2.86. The van der Waals surface area contributed by atoms with Crippen LogP contribution in [0.1, 0.15) is 46.0 Å². The largest absolute Gasteiger partial charge is 1.00 e. The SMILES string of the molecule is [CH2-]CCCCC(C)CC.[Li+]. The van der Waals surface area contributed by atoms with Gasteiger partial charge in [-0.15, -0.1) is 0 Å². The number of hydrogen-bond acceptors (Lipinski definition) is 0. The van der Waals surface area contributed by atoms with Crippen molar-refractivity contribution in [1.29, 1.82) is 0 Å². The van der Waals surface area contributed by atoms with Gasteiger partial charge in [-0.3, -0.25) is 0 Å². The third kappa shape index (κ3) is 8.60. The number of unbranched alkanes of at least 4 members (excludes halogenated alkanes) is 2. The van der Waals surface area contributed by atoms with Crippen LogP contribution in [-0.2, 0) is 0 Å². The summed E-state index contributed by atoms with van der Waals surface area (Å²) in [5.41, 5.74) is 0. The molecule has 0 spiro atoms. The van der Waals surface area contributed by atoms with Gasteiger partial charge in [0.25, 0.3) is 0 Å². The molecule has 1 atom stereocenters. The van der Waals surface area contributed by atoms with Crippen molar-refractivity contribution in [2.45, 2.75) is 46.0 Å². The van der Waals surface area contributed by atoms with E-state index < -0.39 is 0 Å². The van der Waals surface area contributed by atoms with E-state index in [4.69, 9.17) is 0 Å². The Balaban J connectivity index is 0. The molecule has 0 amide bonds. The van der Waals surface area contributed by atoms with E-state index >= 15 is 0 Å². The molecule has 1 heteroatoms. The smallest absolute Gasteiger partial charge is 0.343 e. The third-order valence-electron chi connectivity index (χ3n) is 1.89. The summed E-state index contributed by atoms with van der Waals surface area (Å²) in [6.45, 7) is 8.39. The van der Waals surface area contributed by atoms with Crippen molar-refractivity contribution in [3.8, 4) is 0 Å². The summed E-state index contributed by atoms with van der Waals surface area (Å²) in [5, 5.41) is 0. The molecule has 10 heavy (non-hydrogen) atoms. The van der Waals surface area contributed by atoms with Crippen molar-refractivity contribution in [3.63, 3.8) is 0 Å². The second-order valence-corrected chi connectivity index (χ2v) is 2.86. The molecule has 0 N–H and O–H groups in total. The predicted octanol–water partition coefficient (Wildman–Crippen LogP) is 0.431. The van der Waals surface area contributed by atoms with E-state index in [2.05, 4.69) is 20.8 Å². The maximum Gasteiger partial charge on any atom is 1.00 e. The summed E-state index contributed by atoms with van der Waals surface area (Å²) >= 11 is 0. The molecule has 1 unspecified atom stereocenters. The maximum atomic E-state index is 3.81. The average Bonchev–Trinajstić information content (AvgIpc) is 1.89. The minimum atomic E-state index is 0. The molecular weight excluding hydrogens is 115 g/mol. The summed E-state index contributed by atoms with van der Waals surface area (Å²) < 4.78 is 0. The van der Waals surface area contributed by atoms with Gasteiger partial charge in [0.15, 0.2) is 0 Å². The Morgan fingerprint density at radius 3 is 2.30 bits per heavy atom. The van der Waals surface area contributed by atoms with Gasteiger partial charge in [0.05, 0.1) is 0 Å². The van der Waals surface area contributed by atoms with Crippen molar-refractivity contribution in [2.24, 2.45) is 5.92 Å². The van der Waals surface area contributed by atoms with Crippen LogP contribution in [0, 0.1) is 12.8 Å². The molecule has 0 rings (SSSR count). The molecule has 0 nitrogen and oxygen atoms in total. The zero-order valence-electron chi connectivity index (χ0n) is 7.82. The van der Waals surface area contributed by atoms with Crippen molar-refractivity contribution < 1.29 is 18.9 Å². The van der Waals surface area contributed by atoms with Gasteiger partial charge in [0, 0.05) is 0 Å². The van der Waals surface area contributed by atoms with E-state index in [1.54, 1.807) is 0 Å². The van der Waals surface area contributed by atoms with Gasteiger partial charge in [-0.05, 0) is 5.92 Å². The third-order valence-corrected chi connectivity index (χ3v) is 1.89. The van der Waals surface area contributed by atoms with Gasteiger partial charge in [0.1, 0.15) is 0 Å². The van der Waals surface area contributed by atoms with Crippen LogP contribution in [0.15, 0.2) is 0 Å². The van der Waals surface area contributed by atoms with E-state index in [1.807, 2.05) is 0 Å². The fourth-order valence-electron chi connectivity index (χ4n) is 0.874. The molecule has 0 aromatic heterocycles. The van der Waals surface area contributed by atoms with Crippen LogP contribution in [0.25, 0.3) is 0 Å². The predicted molar refractivity (Wildman–Crippen MR) is 43.3 cm³/mol. The van der Waals surface area contributed by atoms with Gasteiger partial charge >= 0.3 is 18.9 Å². The zero-order chi connectivity index (χ0) is 7.11. The van der Waals surface area contributed by atoms with Gasteiger partial charge in [-0.2, -0.15) is 6.42 Å². The summed E-state index contributed by atoms with van der Waals surface area (Å²) in [5.74, 6) is 0.927. The van der Waals surface area contributed by atoms with E-state index in [-0.39, 0.29) is 18.9 Å². The van der Waals surface area contributed by atoms with E-state index in [0.29, 0.717) is 0 Å². The zero-order valence-corrected chi connectivity index (χ0v) is 7.82. The molecule has 0 aliphatic heterocycles. The Kier molecular flexibility index (Phi) is 12.7. The average molecular weight is 134 g/mol. The van der Waals surface area contributed by atoms with Crippen molar-refractivity contribution in [1.82, 2.24) is 0 Å². The molecule has 0 heterocycles. The molecule has 0 fully saturated rings. The van der Waals surface area contributed by atoms with E-state index in [9.17, 15) is 0 Å². The fourth-order valence-corrected chi connectivity index (χ4v) is 0.874. The van der Waals surface area contributed by atoms with Gasteiger partial charge in [-0.25, -0.2) is 0 Å². The molecule has 0 saturated heterocycles. The van der Waals surface area contributed by atoms with Crippen molar-refractivity contribution >= 4 is 0 Å². The van der Waals surface area contributed by atoms with Crippen LogP contribution in [-0.4, -0.2) is 0 Å². The summed E-state index contributed by atoms with van der Waals surface area (Å²) in [7, 11) is 0. The Morgan fingerprint density at radius 1 is 1.30 bits per heavy atom. The molecule has 0 aromatic rings. The standard InChI is InChI=1S/C9H19.Li/c1-4-6-7-8-9(3)5-2;/h9H,1,4-8H2,2-3H3;/q-1;+1. The van der Waals surface area contributed by atoms with Gasteiger partial charge in [-0.1, -0.05) is 39.5 Å². The number of hydrogen-bond donors (Lipinski definition) is 0. The van der Waals surface area contributed by atoms with Crippen LogP contribution < -0.4 is 18.9 Å². The van der Waals surface area contributed by atoms with Gasteiger partial charge < -0.3 is 6.92 Å². The first-order valence-corrected chi connectivity index (χ1v) is 4.10. The molecular formula is C9H19Li. The molecule has 0 radical (unpaired) electrons. The Bertz CT molecular complexity index is 52.7. The Hall–Kier alpha value is 0.597. The van der Waals surface area contributed by atoms with Crippen LogP contribution >= 0.6 is 0 Å². The normalized spacial score (nSPS) is 12.3. The van der Waals surface area contributed by atoms with Crippen LogP contribution in [0.3, 0.4) is 0 Å². The summed E-state index contributed by atoms with van der Waals surface area (Å²) in [6.07, 6.45) is 6.52. The first-order chi connectivity index (χ1) is 4.31. The molecule has 56 valence electrons. The molecule has 0 bridgehead atoms. The van der Waals surface area contributed by atoms with Crippen molar-refractivity contribution in [2.75, 3.05) is 0 Å². The first-order valence-electron chi connectivity index (χ1n) is 4.10. The van der Waals surface area contributed by atoms with Crippen LogP contribution in [0.4, 0.5) is 0 Å². The van der Waals surface area contributed by atoms with Crippen LogP contribution in [0.5, 0.6) is 0 Å². The maximum absolute atomic E-state index is 3.81. The Morgan fingerprint density at radius 2 is 1.90 bits per heavy atom. The van der Waals surface area contributed by atoms with E-state index in [0.717, 1.165) is 12.3 Å². The Labute approximate surface area is 78.0 Å². The summed E-state index contributed by atoms with van der Waals surface area (Å²) in [6, 6.07) is 0. The minimum Gasteiger partial charge on any atom is -0.343 e. The molecule has 0 aromatic carbocycles. The monoisotopic (exact) mass is 134 g/mol. The molecule has 0 aliphatic carbocycles. The van der Waals surface area contributed by atoms with Crippen LogP contribution in [0.2, 0.25) is 0 Å². The van der Waals surface area contributed by atoms with E-state index in [1.165, 1.54) is 25.7 Å². The number of rotatable bonds is 5. The van der Waals surface area contributed by atoms with Crippen molar-refractivity contribution in [3.05, 3.63) is 6.92 Å². The quantitative estimate of drug-likeness (QED) is 0.290. The molecule has 0 aliphatic rings. The summed E-state index contributed by atoms with van der Waals surface area (Å²) in [4.78, 5) is 0. The first kappa shape index (κ1) is 13.2. The van der Waals surface area contributed by atoms with Gasteiger partial charge in [0.2, 0.25) is 0 Å². The topological polar surface area (TPSA) is 0 Å². The molecule has 0 saturated carbocycles. The second kappa shape index (κ2) is 9.60.